The molecule has 0 bridgehead atoms. The van der Waals surface area contributed by atoms with Crippen LogP contribution in [0.5, 0.6) is 0 Å². The van der Waals surface area contributed by atoms with Crippen LogP contribution in [-0.2, 0) is 12.8 Å². The molecule has 0 N–H and O–H groups in total. The van der Waals surface area contributed by atoms with E-state index in [4.69, 9.17) is 0 Å². The van der Waals surface area contributed by atoms with Crippen molar-refractivity contribution in [3.63, 3.8) is 0 Å². The third kappa shape index (κ3) is 4.35. The van der Waals surface area contributed by atoms with Gasteiger partial charge in [0.05, 0.1) is 0 Å². The van der Waals surface area contributed by atoms with Crippen molar-refractivity contribution < 1.29 is 0 Å². The molecule has 0 amide bonds. The van der Waals surface area contributed by atoms with E-state index >= 15 is 0 Å². The minimum atomic E-state index is 1.25. The summed E-state index contributed by atoms with van der Waals surface area (Å²) in [6.45, 7) is 4.59. The SMILES string of the molecule is CCCCCCc1ccc2c(c1CCCCCC)[CH]c1ccccc1-2. The van der Waals surface area contributed by atoms with Crippen LogP contribution in [0.3, 0.4) is 0 Å². The van der Waals surface area contributed by atoms with Crippen LogP contribution in [0.25, 0.3) is 11.1 Å². The van der Waals surface area contributed by atoms with E-state index in [1.807, 2.05) is 0 Å². The highest BCUT2D eigenvalue weighted by molar-refractivity contribution is 5.82. The standard InChI is InChI=1S/C25H33/c1-3-5-7-9-13-20-17-18-24-23-16-12-11-14-21(23)19-25(24)22(20)15-10-8-6-4-2/h11-12,14,16-19H,3-10,13,15H2,1-2H3. The maximum atomic E-state index is 2.44. The van der Waals surface area contributed by atoms with Crippen molar-refractivity contribution >= 4 is 0 Å². The van der Waals surface area contributed by atoms with Gasteiger partial charge in [-0.15, -0.1) is 0 Å². The lowest BCUT2D eigenvalue weighted by molar-refractivity contribution is 0.650. The van der Waals surface area contributed by atoms with E-state index in [1.165, 1.54) is 86.5 Å². The molecule has 0 spiro atoms. The topological polar surface area (TPSA) is 0 Å². The number of hydrogen-bond acceptors (Lipinski definition) is 0. The first-order valence-electron chi connectivity index (χ1n) is 10.4. The lowest BCUT2D eigenvalue weighted by Gasteiger charge is -2.15. The van der Waals surface area contributed by atoms with Crippen LogP contribution in [0.15, 0.2) is 36.4 Å². The predicted octanol–water partition coefficient (Wildman–Crippen LogP) is 7.51. The lowest BCUT2D eigenvalue weighted by atomic mass is 9.90. The molecular formula is C25H33. The summed E-state index contributed by atoms with van der Waals surface area (Å²) >= 11 is 0. The Balaban J connectivity index is 1.82. The number of aryl methyl sites for hydroxylation is 1. The maximum absolute atomic E-state index is 2.44. The van der Waals surface area contributed by atoms with Crippen LogP contribution in [0, 0.1) is 6.42 Å². The fraction of sp³-hybridized carbons (Fsp3) is 0.480. The highest BCUT2D eigenvalue weighted by atomic mass is 14.3. The number of rotatable bonds is 10. The smallest absolute Gasteiger partial charge is 0.0214 e. The van der Waals surface area contributed by atoms with Gasteiger partial charge in [0.15, 0.2) is 0 Å². The highest BCUT2D eigenvalue weighted by Crippen LogP contribution is 2.41. The van der Waals surface area contributed by atoms with E-state index in [9.17, 15) is 0 Å². The Morgan fingerprint density at radius 2 is 1.36 bits per heavy atom. The van der Waals surface area contributed by atoms with E-state index in [1.54, 1.807) is 11.1 Å². The molecule has 133 valence electrons. The molecule has 2 aromatic carbocycles. The predicted molar refractivity (Wildman–Crippen MR) is 110 cm³/mol. The third-order valence-corrected chi connectivity index (χ3v) is 5.58. The molecule has 0 atom stereocenters. The summed E-state index contributed by atoms with van der Waals surface area (Å²) < 4.78 is 0. The first-order chi connectivity index (χ1) is 12.3. The molecule has 0 aliphatic heterocycles. The molecular weight excluding hydrogens is 300 g/mol. The molecule has 0 fully saturated rings. The molecule has 0 heterocycles. The fourth-order valence-electron chi connectivity index (χ4n) is 4.13. The van der Waals surface area contributed by atoms with Crippen molar-refractivity contribution in [2.75, 3.05) is 0 Å². The van der Waals surface area contributed by atoms with Crippen LogP contribution in [0.4, 0.5) is 0 Å². The molecule has 1 aliphatic rings. The average Bonchev–Trinajstić information content (AvgIpc) is 3.02. The van der Waals surface area contributed by atoms with Crippen LogP contribution in [0.2, 0.25) is 0 Å². The molecule has 1 radical (unpaired) electrons. The van der Waals surface area contributed by atoms with E-state index in [0.29, 0.717) is 0 Å². The van der Waals surface area contributed by atoms with Crippen LogP contribution in [0.1, 0.15) is 87.5 Å². The molecule has 0 nitrogen and oxygen atoms in total. The van der Waals surface area contributed by atoms with Gasteiger partial charge in [0.2, 0.25) is 0 Å². The minimum absolute atomic E-state index is 1.25. The first kappa shape index (κ1) is 18.2. The Bertz CT molecular complexity index is 680. The molecule has 0 unspecified atom stereocenters. The summed E-state index contributed by atoms with van der Waals surface area (Å²) in [5, 5.41) is 0. The van der Waals surface area contributed by atoms with Crippen molar-refractivity contribution in [3.8, 4) is 11.1 Å². The quantitative estimate of drug-likeness (QED) is 0.337. The Hall–Kier alpha value is -1.56. The second-order valence-corrected chi connectivity index (χ2v) is 7.52. The Labute approximate surface area is 154 Å². The van der Waals surface area contributed by atoms with Crippen LogP contribution < -0.4 is 0 Å². The molecule has 3 rings (SSSR count). The van der Waals surface area contributed by atoms with E-state index in [-0.39, 0.29) is 0 Å². The normalized spacial score (nSPS) is 12.2. The van der Waals surface area contributed by atoms with E-state index in [0.717, 1.165) is 0 Å². The number of unbranched alkanes of at least 4 members (excludes halogenated alkanes) is 6. The molecule has 0 saturated carbocycles. The molecule has 0 heteroatoms. The monoisotopic (exact) mass is 333 g/mol. The number of hydrogen-bond donors (Lipinski definition) is 0. The van der Waals surface area contributed by atoms with Gasteiger partial charge in [-0.2, -0.15) is 0 Å². The minimum Gasteiger partial charge on any atom is -0.0654 e. The second-order valence-electron chi connectivity index (χ2n) is 7.52. The zero-order valence-corrected chi connectivity index (χ0v) is 16.1. The summed E-state index contributed by atoms with van der Waals surface area (Å²) in [4.78, 5) is 0. The molecule has 1 aliphatic carbocycles. The van der Waals surface area contributed by atoms with Gasteiger partial charge in [0.1, 0.15) is 0 Å². The molecule has 0 aromatic heterocycles. The summed E-state index contributed by atoms with van der Waals surface area (Å²) in [5.41, 5.74) is 9.04. The molecule has 2 aromatic rings. The van der Waals surface area contributed by atoms with Crippen molar-refractivity contribution in [1.82, 2.24) is 0 Å². The summed E-state index contributed by atoms with van der Waals surface area (Å²) in [5.74, 6) is 0. The second kappa shape index (κ2) is 9.22. The van der Waals surface area contributed by atoms with Gasteiger partial charge < -0.3 is 0 Å². The molecule has 0 saturated heterocycles. The zero-order valence-electron chi connectivity index (χ0n) is 16.1. The van der Waals surface area contributed by atoms with Gasteiger partial charge in [-0.1, -0.05) is 88.8 Å². The Morgan fingerprint density at radius 3 is 2.12 bits per heavy atom. The van der Waals surface area contributed by atoms with E-state index < -0.39 is 0 Å². The lowest BCUT2D eigenvalue weighted by Crippen LogP contribution is -2.00. The number of fused-ring (bicyclic) bond motifs is 3. The van der Waals surface area contributed by atoms with Gasteiger partial charge in [0, 0.05) is 6.42 Å². The largest absolute Gasteiger partial charge is 0.0654 e. The third-order valence-electron chi connectivity index (χ3n) is 5.58. The zero-order chi connectivity index (χ0) is 17.5. The molecule has 25 heavy (non-hydrogen) atoms. The van der Waals surface area contributed by atoms with Crippen molar-refractivity contribution in [2.24, 2.45) is 0 Å². The van der Waals surface area contributed by atoms with Crippen LogP contribution in [-0.4, -0.2) is 0 Å². The van der Waals surface area contributed by atoms with Crippen molar-refractivity contribution in [1.29, 1.82) is 0 Å². The first-order valence-corrected chi connectivity index (χ1v) is 10.4. The van der Waals surface area contributed by atoms with Gasteiger partial charge in [-0.3, -0.25) is 0 Å². The average molecular weight is 334 g/mol. The summed E-state index contributed by atoms with van der Waals surface area (Å²) in [6.07, 6.45) is 15.7. The highest BCUT2D eigenvalue weighted by Gasteiger charge is 2.22. The fourth-order valence-corrected chi connectivity index (χ4v) is 4.13. The van der Waals surface area contributed by atoms with E-state index in [2.05, 4.69) is 56.7 Å². The summed E-state index contributed by atoms with van der Waals surface area (Å²) in [6, 6.07) is 13.7. The maximum Gasteiger partial charge on any atom is 0.0214 e. The van der Waals surface area contributed by atoms with Gasteiger partial charge in [-0.05, 0) is 59.1 Å². The van der Waals surface area contributed by atoms with Crippen molar-refractivity contribution in [3.05, 3.63) is 65.1 Å². The van der Waals surface area contributed by atoms with Gasteiger partial charge in [0.25, 0.3) is 0 Å². The van der Waals surface area contributed by atoms with Gasteiger partial charge >= 0.3 is 0 Å². The van der Waals surface area contributed by atoms with Crippen molar-refractivity contribution in [2.45, 2.75) is 78.1 Å². The van der Waals surface area contributed by atoms with Gasteiger partial charge in [-0.25, -0.2) is 0 Å². The Morgan fingerprint density at radius 1 is 0.640 bits per heavy atom. The Kier molecular flexibility index (Phi) is 6.73. The van der Waals surface area contributed by atoms with Crippen LogP contribution >= 0.6 is 0 Å². The number of benzene rings is 2. The summed E-state index contributed by atoms with van der Waals surface area (Å²) in [7, 11) is 0.